The molecule has 0 atom stereocenters. The van der Waals surface area contributed by atoms with Crippen LogP contribution < -0.4 is 4.90 Å². The number of hydrogen-bond donors (Lipinski definition) is 0. The van der Waals surface area contributed by atoms with Crippen molar-refractivity contribution in [1.29, 1.82) is 0 Å². The lowest BCUT2D eigenvalue weighted by Crippen LogP contribution is -2.36. The van der Waals surface area contributed by atoms with Crippen LogP contribution in [0.3, 0.4) is 0 Å². The van der Waals surface area contributed by atoms with Crippen molar-refractivity contribution in [2.45, 2.75) is 25.2 Å². The molecule has 3 aliphatic rings. The molecule has 1 aliphatic carbocycles. The standard InChI is InChI=1S/C68H49N3/c1-2-46-45-63(69-67(50-22-8-4-9-23-50)70-66(46)49-38-36-48(37-39-49)47-20-6-3-7-21-47)55-27-19-26-53(43-55)51-24-18-25-52(42-51)54-40-41-60-58(44-54)57-30-12-13-31-59(57)68(60)61-32-14-16-34-64(61)71(56-28-10-5-11-29-56)65-35-17-15-33-62(65)68/h3-44H,2,45H2,1H3. The highest BCUT2D eigenvalue weighted by Crippen LogP contribution is 2.63. The summed E-state index contributed by atoms with van der Waals surface area (Å²) < 4.78 is 0. The van der Waals surface area contributed by atoms with Gasteiger partial charge in [-0.3, -0.25) is 0 Å². The Hall–Kier alpha value is -8.92. The first-order valence-electron chi connectivity index (χ1n) is 24.7. The summed E-state index contributed by atoms with van der Waals surface area (Å²) in [5.74, 6) is 0.729. The number of allylic oxidation sites excluding steroid dienone is 1. The third-order valence-electron chi connectivity index (χ3n) is 14.8. The molecule has 0 saturated carbocycles. The van der Waals surface area contributed by atoms with Crippen LogP contribution in [0.1, 0.15) is 58.7 Å². The molecule has 2 aliphatic heterocycles. The van der Waals surface area contributed by atoms with Crippen LogP contribution in [0.25, 0.3) is 50.2 Å². The van der Waals surface area contributed by atoms with Crippen LogP contribution >= 0.6 is 0 Å². The van der Waals surface area contributed by atoms with E-state index in [4.69, 9.17) is 9.98 Å². The highest BCUT2D eigenvalue weighted by atomic mass is 15.2. The molecular formula is C68H49N3. The number of nitrogens with zero attached hydrogens (tertiary/aromatic N) is 3. The molecule has 3 heteroatoms. The lowest BCUT2D eigenvalue weighted by atomic mass is 9.64. The van der Waals surface area contributed by atoms with Crippen molar-refractivity contribution < 1.29 is 0 Å². The summed E-state index contributed by atoms with van der Waals surface area (Å²) >= 11 is 0. The fourth-order valence-corrected chi connectivity index (χ4v) is 11.5. The van der Waals surface area contributed by atoms with E-state index in [-0.39, 0.29) is 0 Å². The molecule has 3 nitrogen and oxygen atoms in total. The second-order valence-electron chi connectivity index (χ2n) is 18.7. The highest BCUT2D eigenvalue weighted by molar-refractivity contribution is 6.16. The summed E-state index contributed by atoms with van der Waals surface area (Å²) in [7, 11) is 0. The Morgan fingerprint density at radius 2 is 0.831 bits per heavy atom. The maximum Gasteiger partial charge on any atom is 0.160 e. The Morgan fingerprint density at radius 3 is 1.48 bits per heavy atom. The van der Waals surface area contributed by atoms with Crippen LogP contribution in [0.5, 0.6) is 0 Å². The van der Waals surface area contributed by atoms with Crippen LogP contribution in [-0.2, 0) is 5.41 Å². The lowest BCUT2D eigenvalue weighted by molar-refractivity contribution is 0.753. The molecule has 0 N–H and O–H groups in total. The zero-order valence-corrected chi connectivity index (χ0v) is 39.5. The minimum atomic E-state index is -0.488. The number of para-hydroxylation sites is 3. The van der Waals surface area contributed by atoms with Gasteiger partial charge in [0.05, 0.1) is 28.2 Å². The van der Waals surface area contributed by atoms with E-state index >= 15 is 0 Å². The largest absolute Gasteiger partial charge is 0.310 e. The van der Waals surface area contributed by atoms with E-state index in [1.807, 2.05) is 6.07 Å². The number of anilines is 3. The molecule has 0 saturated heterocycles. The van der Waals surface area contributed by atoms with Crippen LogP contribution in [0.2, 0.25) is 0 Å². The van der Waals surface area contributed by atoms with Gasteiger partial charge in [0.1, 0.15) is 0 Å². The van der Waals surface area contributed by atoms with E-state index in [2.05, 4.69) is 261 Å². The molecule has 71 heavy (non-hydrogen) atoms. The number of benzene rings is 10. The zero-order chi connectivity index (χ0) is 47.3. The third kappa shape index (κ3) is 7.12. The van der Waals surface area contributed by atoms with E-state index in [0.717, 1.165) is 57.2 Å². The Kier molecular flexibility index (Phi) is 10.4. The fourth-order valence-electron chi connectivity index (χ4n) is 11.5. The molecule has 10 aromatic rings. The van der Waals surface area contributed by atoms with Gasteiger partial charge < -0.3 is 4.90 Å². The molecule has 13 rings (SSSR count). The highest BCUT2D eigenvalue weighted by Gasteiger charge is 2.51. The third-order valence-corrected chi connectivity index (χ3v) is 14.8. The summed E-state index contributed by atoms with van der Waals surface area (Å²) in [5.41, 5.74) is 24.4. The van der Waals surface area contributed by atoms with Crippen molar-refractivity contribution in [3.05, 3.63) is 299 Å². The van der Waals surface area contributed by atoms with Gasteiger partial charge in [-0.15, -0.1) is 0 Å². The average molecular weight is 908 g/mol. The Balaban J connectivity index is 0.878. The van der Waals surface area contributed by atoms with E-state index in [9.17, 15) is 0 Å². The van der Waals surface area contributed by atoms with Gasteiger partial charge in [0.2, 0.25) is 0 Å². The quantitative estimate of drug-likeness (QED) is 0.149. The molecule has 0 unspecified atom stereocenters. The SMILES string of the molecule is CCC1=C(c2ccc(-c3ccccc3)cc2)N=C(c2ccccc2)N=C(c2cccc(-c3cccc(-c4ccc5c(c4)-c4ccccc4C54c5ccccc5N(c5ccccc5)c5ccccc54)c3)c2)C1. The number of fused-ring (bicyclic) bond motifs is 9. The van der Waals surface area contributed by atoms with Gasteiger partial charge >= 0.3 is 0 Å². The summed E-state index contributed by atoms with van der Waals surface area (Å²) in [6.45, 7) is 2.24. The van der Waals surface area contributed by atoms with Gasteiger partial charge in [-0.1, -0.05) is 219 Å². The van der Waals surface area contributed by atoms with Crippen molar-refractivity contribution in [3.63, 3.8) is 0 Å². The Morgan fingerprint density at radius 1 is 0.366 bits per heavy atom. The number of aliphatic imine (C=N–C) groups is 2. The van der Waals surface area contributed by atoms with Gasteiger partial charge in [0.15, 0.2) is 5.84 Å². The molecule has 0 radical (unpaired) electrons. The average Bonchev–Trinajstić information content (AvgIpc) is 3.60. The molecule has 0 aromatic heterocycles. The molecule has 0 fully saturated rings. The maximum atomic E-state index is 5.41. The van der Waals surface area contributed by atoms with Crippen molar-refractivity contribution >= 4 is 34.3 Å². The van der Waals surface area contributed by atoms with Gasteiger partial charge in [-0.2, -0.15) is 0 Å². The number of hydrogen-bond acceptors (Lipinski definition) is 3. The summed E-state index contributed by atoms with van der Waals surface area (Å²) in [6, 6.07) is 92.8. The van der Waals surface area contributed by atoms with E-state index in [1.54, 1.807) is 0 Å². The number of rotatable bonds is 8. The minimum Gasteiger partial charge on any atom is -0.310 e. The molecule has 0 bridgehead atoms. The van der Waals surface area contributed by atoms with Crippen molar-refractivity contribution in [2.75, 3.05) is 4.90 Å². The van der Waals surface area contributed by atoms with Crippen LogP contribution in [0, 0.1) is 0 Å². The van der Waals surface area contributed by atoms with Gasteiger partial charge in [0.25, 0.3) is 0 Å². The molecule has 1 spiro atoms. The van der Waals surface area contributed by atoms with Crippen molar-refractivity contribution in [2.24, 2.45) is 9.98 Å². The second-order valence-corrected chi connectivity index (χ2v) is 18.7. The fraction of sp³-hybridized carbons (Fsp3) is 0.0588. The van der Waals surface area contributed by atoms with E-state index in [0.29, 0.717) is 6.42 Å². The summed E-state index contributed by atoms with van der Waals surface area (Å²) in [6.07, 6.45) is 1.56. The van der Waals surface area contributed by atoms with Crippen LogP contribution in [0.4, 0.5) is 17.1 Å². The first kappa shape index (κ1) is 42.2. The lowest BCUT2D eigenvalue weighted by Gasteiger charge is -2.45. The molecule has 0 amide bonds. The van der Waals surface area contributed by atoms with E-state index < -0.39 is 5.41 Å². The smallest absolute Gasteiger partial charge is 0.160 e. The minimum absolute atomic E-state index is 0.488. The molecular weight excluding hydrogens is 859 g/mol. The van der Waals surface area contributed by atoms with Crippen molar-refractivity contribution in [1.82, 2.24) is 0 Å². The first-order valence-corrected chi connectivity index (χ1v) is 24.7. The first-order chi connectivity index (χ1) is 35.2. The molecule has 336 valence electrons. The predicted octanol–water partition coefficient (Wildman–Crippen LogP) is 17.3. The van der Waals surface area contributed by atoms with Gasteiger partial charge in [-0.05, 0) is 127 Å². The zero-order valence-electron chi connectivity index (χ0n) is 39.5. The molecule has 10 aromatic carbocycles. The second kappa shape index (κ2) is 17.6. The molecule has 2 heterocycles. The summed E-state index contributed by atoms with van der Waals surface area (Å²) in [5, 5.41) is 0. The van der Waals surface area contributed by atoms with Crippen LogP contribution in [-0.4, -0.2) is 11.5 Å². The topological polar surface area (TPSA) is 28.0 Å². The Labute approximate surface area is 416 Å². The maximum absolute atomic E-state index is 5.41. The summed E-state index contributed by atoms with van der Waals surface area (Å²) in [4.78, 5) is 13.2. The van der Waals surface area contributed by atoms with Gasteiger partial charge in [-0.25, -0.2) is 9.98 Å². The Bertz CT molecular complexity index is 3700. The van der Waals surface area contributed by atoms with Crippen LogP contribution in [0.15, 0.2) is 270 Å². The monoisotopic (exact) mass is 907 g/mol. The van der Waals surface area contributed by atoms with E-state index in [1.165, 1.54) is 72.6 Å². The predicted molar refractivity (Wildman–Crippen MR) is 296 cm³/mol. The van der Waals surface area contributed by atoms with Crippen molar-refractivity contribution in [3.8, 4) is 44.5 Å². The number of amidine groups is 1. The van der Waals surface area contributed by atoms with Gasteiger partial charge in [0, 0.05) is 23.2 Å². The normalized spacial score (nSPS) is 14.2.